The Hall–Kier alpha value is -1.63. The van der Waals surface area contributed by atoms with E-state index in [1.165, 1.54) is 6.92 Å². The maximum Gasteiger partial charge on any atom is 0.328 e. The highest BCUT2D eigenvalue weighted by Gasteiger charge is 2.22. The van der Waals surface area contributed by atoms with Gasteiger partial charge in [-0.1, -0.05) is 6.92 Å². The highest BCUT2D eigenvalue weighted by Crippen LogP contribution is 2.01. The molecule has 2 unspecified atom stereocenters. The molecule has 7 heteroatoms. The molecule has 0 rings (SSSR count). The molecule has 0 aromatic heterocycles. The number of primary amides is 1. The molecule has 2 amide bonds. The van der Waals surface area contributed by atoms with Gasteiger partial charge in [0.2, 0.25) is 11.8 Å². The molecule has 15 heavy (non-hydrogen) atoms. The third-order valence-electron chi connectivity index (χ3n) is 1.75. The number of rotatable bonds is 6. The molecular formula is C8H14N2O5. The van der Waals surface area contributed by atoms with Crippen LogP contribution in [0.3, 0.4) is 0 Å². The summed E-state index contributed by atoms with van der Waals surface area (Å²) in [7, 11) is 0. The first-order chi connectivity index (χ1) is 6.88. The van der Waals surface area contributed by atoms with Crippen LogP contribution in [-0.2, 0) is 14.4 Å². The van der Waals surface area contributed by atoms with Gasteiger partial charge in [0.15, 0.2) is 0 Å². The predicted octanol–water partition coefficient (Wildman–Crippen LogP) is -1.94. The van der Waals surface area contributed by atoms with Gasteiger partial charge >= 0.3 is 5.97 Å². The number of carbonyl (C=O) groups excluding carboxylic acids is 2. The molecule has 0 aliphatic rings. The molecule has 0 saturated heterocycles. The average Bonchev–Trinajstić information content (AvgIpc) is 2.11. The molecule has 86 valence electrons. The number of nitrogens with one attached hydrogen (secondary N) is 1. The Morgan fingerprint density at radius 2 is 1.93 bits per heavy atom. The van der Waals surface area contributed by atoms with Gasteiger partial charge in [-0.3, -0.25) is 9.59 Å². The van der Waals surface area contributed by atoms with E-state index >= 15 is 0 Å². The van der Waals surface area contributed by atoms with Crippen molar-refractivity contribution in [3.05, 3.63) is 0 Å². The number of hydrogen-bond donors (Lipinski definition) is 4. The largest absolute Gasteiger partial charge is 0.480 e. The summed E-state index contributed by atoms with van der Waals surface area (Å²) in [6.45, 7) is 0.737. The lowest BCUT2D eigenvalue weighted by Crippen LogP contribution is -2.45. The van der Waals surface area contributed by atoms with E-state index in [0.717, 1.165) is 0 Å². The van der Waals surface area contributed by atoms with Crippen molar-refractivity contribution >= 4 is 17.8 Å². The first-order valence-electron chi connectivity index (χ1n) is 4.30. The quantitative estimate of drug-likeness (QED) is 0.412. The molecule has 2 atom stereocenters. The van der Waals surface area contributed by atoms with Gasteiger partial charge in [-0.25, -0.2) is 4.79 Å². The van der Waals surface area contributed by atoms with Crippen molar-refractivity contribution in [3.8, 4) is 0 Å². The van der Waals surface area contributed by atoms with Crippen molar-refractivity contribution in [1.82, 2.24) is 5.32 Å². The van der Waals surface area contributed by atoms with E-state index in [1.807, 2.05) is 0 Å². The van der Waals surface area contributed by atoms with Crippen LogP contribution in [0.4, 0.5) is 0 Å². The van der Waals surface area contributed by atoms with Gasteiger partial charge in [0.05, 0.1) is 6.61 Å². The molecule has 0 heterocycles. The third kappa shape index (κ3) is 4.96. The van der Waals surface area contributed by atoms with Gasteiger partial charge in [0.1, 0.15) is 6.04 Å². The second kappa shape index (κ2) is 5.97. The first kappa shape index (κ1) is 13.4. The minimum Gasteiger partial charge on any atom is -0.480 e. The van der Waals surface area contributed by atoms with Crippen LogP contribution in [0.15, 0.2) is 0 Å². The van der Waals surface area contributed by atoms with E-state index in [0.29, 0.717) is 0 Å². The topological polar surface area (TPSA) is 130 Å². The van der Waals surface area contributed by atoms with Crippen LogP contribution >= 0.6 is 0 Å². The average molecular weight is 218 g/mol. The summed E-state index contributed by atoms with van der Waals surface area (Å²) in [5, 5.41) is 19.2. The molecule has 0 aromatic carbocycles. The summed E-state index contributed by atoms with van der Waals surface area (Å²) in [4.78, 5) is 32.2. The van der Waals surface area contributed by atoms with Crippen LogP contribution in [0.2, 0.25) is 0 Å². The van der Waals surface area contributed by atoms with Gasteiger partial charge in [0, 0.05) is 12.3 Å². The molecule has 0 aliphatic heterocycles. The Labute approximate surface area is 86.3 Å². The molecule has 0 saturated carbocycles. The second-order valence-electron chi connectivity index (χ2n) is 3.15. The number of aliphatic carboxylic acids is 1. The highest BCUT2D eigenvalue weighted by molar-refractivity contribution is 5.88. The van der Waals surface area contributed by atoms with Gasteiger partial charge in [-0.05, 0) is 0 Å². The zero-order chi connectivity index (χ0) is 12.0. The summed E-state index contributed by atoms with van der Waals surface area (Å²) < 4.78 is 0. The molecular weight excluding hydrogens is 204 g/mol. The minimum absolute atomic E-state index is 0.163. The lowest BCUT2D eigenvalue weighted by Gasteiger charge is -2.14. The number of carboxylic acid groups (broad SMARTS) is 1. The molecule has 0 bridgehead atoms. The van der Waals surface area contributed by atoms with E-state index in [2.05, 4.69) is 5.32 Å². The van der Waals surface area contributed by atoms with Gasteiger partial charge in [-0.15, -0.1) is 0 Å². The monoisotopic (exact) mass is 218 g/mol. The van der Waals surface area contributed by atoms with Crippen molar-refractivity contribution in [2.75, 3.05) is 6.61 Å². The fraction of sp³-hybridized carbons (Fsp3) is 0.625. The van der Waals surface area contributed by atoms with Gasteiger partial charge < -0.3 is 21.3 Å². The van der Waals surface area contributed by atoms with E-state index < -0.39 is 36.4 Å². The third-order valence-corrected chi connectivity index (χ3v) is 1.75. The second-order valence-corrected chi connectivity index (χ2v) is 3.15. The summed E-state index contributed by atoms with van der Waals surface area (Å²) in [6, 6.07) is -1.35. The maximum atomic E-state index is 11.3. The molecule has 0 fully saturated rings. The summed E-state index contributed by atoms with van der Waals surface area (Å²) in [5.74, 6) is -3.32. The Kier molecular flexibility index (Phi) is 5.32. The number of aliphatic hydroxyl groups is 1. The fourth-order valence-electron chi connectivity index (χ4n) is 0.894. The van der Waals surface area contributed by atoms with Crippen molar-refractivity contribution in [2.24, 2.45) is 11.7 Å². The molecule has 5 N–H and O–H groups in total. The SMILES string of the molecule is CC(CC(N)=O)C(=O)NC(CO)C(=O)O. The predicted molar refractivity (Wildman–Crippen MR) is 49.6 cm³/mol. The van der Waals surface area contributed by atoms with Crippen LogP contribution in [-0.4, -0.2) is 40.6 Å². The van der Waals surface area contributed by atoms with Gasteiger partial charge in [-0.2, -0.15) is 0 Å². The summed E-state index contributed by atoms with van der Waals surface area (Å²) in [5.41, 5.74) is 4.87. The van der Waals surface area contributed by atoms with E-state index in [4.69, 9.17) is 15.9 Å². The minimum atomic E-state index is -1.35. The molecule has 0 spiro atoms. The van der Waals surface area contributed by atoms with Crippen LogP contribution in [0, 0.1) is 5.92 Å². The zero-order valence-electron chi connectivity index (χ0n) is 8.27. The number of amides is 2. The Bertz CT molecular complexity index is 266. The lowest BCUT2D eigenvalue weighted by atomic mass is 10.1. The van der Waals surface area contributed by atoms with Crippen molar-refractivity contribution in [3.63, 3.8) is 0 Å². The summed E-state index contributed by atoms with van der Waals surface area (Å²) >= 11 is 0. The normalized spacial score (nSPS) is 14.0. The lowest BCUT2D eigenvalue weighted by molar-refractivity contribution is -0.143. The molecule has 0 aromatic rings. The summed E-state index contributed by atoms with van der Waals surface area (Å²) in [6.07, 6.45) is -0.163. The van der Waals surface area contributed by atoms with E-state index in [-0.39, 0.29) is 6.42 Å². The van der Waals surface area contributed by atoms with Crippen molar-refractivity contribution < 1.29 is 24.6 Å². The number of aliphatic hydroxyl groups excluding tert-OH is 1. The number of hydrogen-bond acceptors (Lipinski definition) is 4. The van der Waals surface area contributed by atoms with Crippen LogP contribution < -0.4 is 11.1 Å². The molecule has 0 radical (unpaired) electrons. The Balaban J connectivity index is 4.21. The molecule has 7 nitrogen and oxygen atoms in total. The van der Waals surface area contributed by atoms with Crippen LogP contribution in [0.5, 0.6) is 0 Å². The zero-order valence-corrected chi connectivity index (χ0v) is 8.27. The van der Waals surface area contributed by atoms with Crippen molar-refractivity contribution in [2.45, 2.75) is 19.4 Å². The molecule has 0 aliphatic carbocycles. The van der Waals surface area contributed by atoms with Crippen LogP contribution in [0.25, 0.3) is 0 Å². The standard InChI is InChI=1S/C8H14N2O5/c1-4(2-6(9)12)7(13)10-5(3-11)8(14)15/h4-5,11H,2-3H2,1H3,(H2,9,12)(H,10,13)(H,14,15). The van der Waals surface area contributed by atoms with Crippen molar-refractivity contribution in [1.29, 1.82) is 0 Å². The number of nitrogens with two attached hydrogens (primary N) is 1. The number of carbonyl (C=O) groups is 3. The van der Waals surface area contributed by atoms with E-state index in [9.17, 15) is 14.4 Å². The van der Waals surface area contributed by atoms with E-state index in [1.54, 1.807) is 0 Å². The smallest absolute Gasteiger partial charge is 0.328 e. The fourth-order valence-corrected chi connectivity index (χ4v) is 0.894. The first-order valence-corrected chi connectivity index (χ1v) is 4.30. The highest BCUT2D eigenvalue weighted by atomic mass is 16.4. The number of carboxylic acids is 1. The van der Waals surface area contributed by atoms with Gasteiger partial charge in [0.25, 0.3) is 0 Å². The Morgan fingerprint density at radius 1 is 1.40 bits per heavy atom. The maximum absolute atomic E-state index is 11.3. The Morgan fingerprint density at radius 3 is 2.27 bits per heavy atom. The van der Waals surface area contributed by atoms with Crippen LogP contribution in [0.1, 0.15) is 13.3 Å².